The first-order chi connectivity index (χ1) is 8.37. The van der Waals surface area contributed by atoms with Gasteiger partial charge in [-0.25, -0.2) is 0 Å². The summed E-state index contributed by atoms with van der Waals surface area (Å²) in [5, 5.41) is 9.18. The second-order valence-electron chi connectivity index (χ2n) is 5.51. The molecule has 0 aliphatic heterocycles. The zero-order chi connectivity index (χ0) is 13.3. The maximum absolute atomic E-state index is 12.0. The summed E-state index contributed by atoms with van der Waals surface area (Å²) in [5.41, 5.74) is 0.796. The molecule has 0 radical (unpaired) electrons. The maximum Gasteiger partial charge on any atom is 0.167 e. The number of allylic oxidation sites excluding steroid dienone is 1. The molecule has 1 aliphatic rings. The Labute approximate surface area is 106 Å². The van der Waals surface area contributed by atoms with Gasteiger partial charge in [0.2, 0.25) is 0 Å². The Kier molecular flexibility index (Phi) is 3.07. The van der Waals surface area contributed by atoms with Crippen LogP contribution in [0.25, 0.3) is 6.08 Å². The molecule has 0 unspecified atom stereocenters. The largest absolute Gasteiger partial charge is 0.508 e. The van der Waals surface area contributed by atoms with Crippen molar-refractivity contribution >= 4 is 17.6 Å². The predicted molar refractivity (Wildman–Crippen MR) is 69.1 cm³/mol. The van der Waals surface area contributed by atoms with Crippen LogP contribution in [0.3, 0.4) is 0 Å². The van der Waals surface area contributed by atoms with Gasteiger partial charge in [0.25, 0.3) is 0 Å². The van der Waals surface area contributed by atoms with E-state index in [1.807, 2.05) is 13.8 Å². The highest BCUT2D eigenvalue weighted by molar-refractivity contribution is 6.25. The fourth-order valence-electron chi connectivity index (χ4n) is 2.18. The second-order valence-corrected chi connectivity index (χ2v) is 5.51. The number of hydrogen-bond acceptors (Lipinski definition) is 3. The van der Waals surface area contributed by atoms with E-state index in [-0.39, 0.29) is 28.3 Å². The van der Waals surface area contributed by atoms with Gasteiger partial charge in [0.15, 0.2) is 11.6 Å². The third-order valence-electron chi connectivity index (χ3n) is 3.08. The fourth-order valence-corrected chi connectivity index (χ4v) is 2.18. The number of aromatic hydroxyl groups is 1. The lowest BCUT2D eigenvalue weighted by Gasteiger charge is -2.28. The molecule has 2 rings (SSSR count). The lowest BCUT2D eigenvalue weighted by Crippen LogP contribution is -2.31. The molecule has 3 nitrogen and oxygen atoms in total. The van der Waals surface area contributed by atoms with E-state index in [9.17, 15) is 14.7 Å². The molecule has 1 saturated carbocycles. The molecule has 0 bridgehead atoms. The normalized spacial score (nSPS) is 18.9. The van der Waals surface area contributed by atoms with Gasteiger partial charge in [-0.2, -0.15) is 0 Å². The molecular formula is C15H16O3. The summed E-state index contributed by atoms with van der Waals surface area (Å²) in [6.07, 6.45) is 2.42. The van der Waals surface area contributed by atoms with Crippen LogP contribution in [0.4, 0.5) is 0 Å². The second kappa shape index (κ2) is 4.41. The zero-order valence-corrected chi connectivity index (χ0v) is 10.6. The number of phenolic OH excluding ortho intramolecular Hbond substituents is 1. The Morgan fingerprint density at radius 3 is 2.06 bits per heavy atom. The third kappa shape index (κ3) is 2.67. The van der Waals surface area contributed by atoms with Crippen molar-refractivity contribution in [1.29, 1.82) is 0 Å². The van der Waals surface area contributed by atoms with Gasteiger partial charge >= 0.3 is 0 Å². The molecule has 1 N–H and O–H groups in total. The van der Waals surface area contributed by atoms with Crippen molar-refractivity contribution in [2.75, 3.05) is 0 Å². The van der Waals surface area contributed by atoms with E-state index in [1.54, 1.807) is 18.2 Å². The molecule has 0 amide bonds. The molecule has 0 saturated heterocycles. The number of carbonyl (C=O) groups excluding carboxylic acids is 2. The van der Waals surface area contributed by atoms with E-state index in [0.29, 0.717) is 12.8 Å². The number of rotatable bonds is 1. The monoisotopic (exact) mass is 244 g/mol. The SMILES string of the molecule is CC1(C)CC(=O)C(=Cc2ccc(O)cc2)C(=O)C1. The van der Waals surface area contributed by atoms with Crippen LogP contribution in [-0.4, -0.2) is 16.7 Å². The van der Waals surface area contributed by atoms with Gasteiger partial charge in [-0.05, 0) is 29.2 Å². The van der Waals surface area contributed by atoms with Crippen molar-refractivity contribution in [3.63, 3.8) is 0 Å². The minimum Gasteiger partial charge on any atom is -0.508 e. The molecule has 0 aromatic heterocycles. The van der Waals surface area contributed by atoms with Gasteiger partial charge in [-0.3, -0.25) is 9.59 Å². The van der Waals surface area contributed by atoms with Gasteiger partial charge in [0.05, 0.1) is 5.57 Å². The van der Waals surface area contributed by atoms with Crippen molar-refractivity contribution in [3.8, 4) is 5.75 Å². The number of benzene rings is 1. The summed E-state index contributed by atoms with van der Waals surface area (Å²) in [5.74, 6) is -0.0202. The van der Waals surface area contributed by atoms with Gasteiger partial charge in [0, 0.05) is 12.8 Å². The van der Waals surface area contributed by atoms with Crippen LogP contribution in [0.2, 0.25) is 0 Å². The molecule has 18 heavy (non-hydrogen) atoms. The molecule has 0 spiro atoms. The van der Waals surface area contributed by atoms with E-state index in [0.717, 1.165) is 5.56 Å². The topological polar surface area (TPSA) is 54.4 Å². The van der Waals surface area contributed by atoms with E-state index < -0.39 is 0 Å². The Balaban J connectivity index is 2.30. The molecule has 1 aromatic carbocycles. The average molecular weight is 244 g/mol. The first-order valence-electron chi connectivity index (χ1n) is 5.94. The molecule has 1 aliphatic carbocycles. The smallest absolute Gasteiger partial charge is 0.167 e. The van der Waals surface area contributed by atoms with Gasteiger partial charge < -0.3 is 5.11 Å². The Morgan fingerprint density at radius 2 is 1.56 bits per heavy atom. The van der Waals surface area contributed by atoms with Crippen LogP contribution in [-0.2, 0) is 9.59 Å². The third-order valence-corrected chi connectivity index (χ3v) is 3.08. The van der Waals surface area contributed by atoms with Crippen molar-refractivity contribution in [1.82, 2.24) is 0 Å². The molecule has 0 atom stereocenters. The van der Waals surface area contributed by atoms with Crippen LogP contribution in [0.1, 0.15) is 32.3 Å². The predicted octanol–water partition coefficient (Wildman–Crippen LogP) is 2.73. The first kappa shape index (κ1) is 12.6. The molecule has 1 fully saturated rings. The van der Waals surface area contributed by atoms with Gasteiger partial charge in [-0.15, -0.1) is 0 Å². The Morgan fingerprint density at radius 1 is 1.06 bits per heavy atom. The molecular weight excluding hydrogens is 228 g/mol. The molecule has 0 heterocycles. The number of phenols is 1. The molecule has 94 valence electrons. The fraction of sp³-hybridized carbons (Fsp3) is 0.333. The standard InChI is InChI=1S/C15H16O3/c1-15(2)8-13(17)12(14(18)9-15)7-10-3-5-11(16)6-4-10/h3-7,16H,8-9H2,1-2H3. The van der Waals surface area contributed by atoms with Crippen LogP contribution in [0, 0.1) is 5.41 Å². The summed E-state index contributed by atoms with van der Waals surface area (Å²) >= 11 is 0. The highest BCUT2D eigenvalue weighted by Gasteiger charge is 2.35. The number of hydrogen-bond donors (Lipinski definition) is 1. The minimum atomic E-state index is -0.236. The summed E-state index contributed by atoms with van der Waals surface area (Å²) in [6.45, 7) is 3.86. The van der Waals surface area contributed by atoms with Gasteiger partial charge in [0.1, 0.15) is 5.75 Å². The van der Waals surface area contributed by atoms with Crippen molar-refractivity contribution in [2.24, 2.45) is 5.41 Å². The molecule has 3 heteroatoms. The summed E-state index contributed by atoms with van der Waals surface area (Å²) in [7, 11) is 0. The van der Waals surface area contributed by atoms with Crippen molar-refractivity contribution in [2.45, 2.75) is 26.7 Å². The summed E-state index contributed by atoms with van der Waals surface area (Å²) < 4.78 is 0. The minimum absolute atomic E-state index is 0.0932. The van der Waals surface area contributed by atoms with Crippen molar-refractivity contribution < 1.29 is 14.7 Å². The van der Waals surface area contributed by atoms with E-state index in [2.05, 4.69) is 0 Å². The van der Waals surface area contributed by atoms with E-state index in [4.69, 9.17) is 0 Å². The number of Topliss-reactive ketones (excluding diaryl/α,β-unsaturated/α-hetero) is 2. The molecule has 1 aromatic rings. The summed E-state index contributed by atoms with van der Waals surface area (Å²) in [6, 6.07) is 6.44. The van der Waals surface area contributed by atoms with E-state index >= 15 is 0 Å². The van der Waals surface area contributed by atoms with Gasteiger partial charge in [-0.1, -0.05) is 26.0 Å². The highest BCUT2D eigenvalue weighted by Crippen LogP contribution is 2.34. The lowest BCUT2D eigenvalue weighted by atomic mass is 9.74. The van der Waals surface area contributed by atoms with Crippen LogP contribution in [0.5, 0.6) is 5.75 Å². The van der Waals surface area contributed by atoms with Crippen LogP contribution in [0.15, 0.2) is 29.8 Å². The number of carbonyl (C=O) groups is 2. The first-order valence-corrected chi connectivity index (χ1v) is 5.94. The quantitative estimate of drug-likeness (QED) is 0.610. The average Bonchev–Trinajstić information content (AvgIpc) is 2.24. The lowest BCUT2D eigenvalue weighted by molar-refractivity contribution is -0.127. The maximum atomic E-state index is 12.0. The van der Waals surface area contributed by atoms with Crippen LogP contribution < -0.4 is 0 Å². The van der Waals surface area contributed by atoms with Crippen LogP contribution >= 0.6 is 0 Å². The van der Waals surface area contributed by atoms with Crippen molar-refractivity contribution in [3.05, 3.63) is 35.4 Å². The highest BCUT2D eigenvalue weighted by atomic mass is 16.3. The zero-order valence-electron chi connectivity index (χ0n) is 10.6. The van der Waals surface area contributed by atoms with E-state index in [1.165, 1.54) is 12.1 Å². The summed E-state index contributed by atoms with van der Waals surface area (Å²) in [4.78, 5) is 23.9. The number of ketones is 2. The Hall–Kier alpha value is -1.90. The Bertz CT molecular complexity index is 499.